The van der Waals surface area contributed by atoms with Crippen LogP contribution in [-0.4, -0.2) is 18.0 Å². The fraction of sp³-hybridized carbons (Fsp3) is 0.150. The molecule has 0 aliphatic carbocycles. The molecule has 27 heavy (non-hydrogen) atoms. The first-order valence-electron chi connectivity index (χ1n) is 8.04. The number of methoxy groups -OCH3 is 1. The quantitative estimate of drug-likeness (QED) is 0.661. The van der Waals surface area contributed by atoms with Crippen LogP contribution in [0.3, 0.4) is 0 Å². The van der Waals surface area contributed by atoms with Crippen molar-refractivity contribution in [2.75, 3.05) is 7.11 Å². The number of hydrogen-bond donors (Lipinski definition) is 0. The van der Waals surface area contributed by atoms with Crippen molar-refractivity contribution in [1.29, 1.82) is 0 Å². The van der Waals surface area contributed by atoms with Gasteiger partial charge in [0.15, 0.2) is 0 Å². The SMILES string of the molecule is COc1ccc(-c2ccc(=O)n(Cc3ccc(OC(F)(F)F)cc3)c2)cc1. The number of nitrogens with zero attached hydrogens (tertiary/aromatic N) is 1. The molecule has 0 atom stereocenters. The van der Waals surface area contributed by atoms with E-state index in [0.29, 0.717) is 5.56 Å². The highest BCUT2D eigenvalue weighted by molar-refractivity contribution is 5.63. The molecule has 7 heteroatoms. The minimum absolute atomic E-state index is 0.206. The summed E-state index contributed by atoms with van der Waals surface area (Å²) in [7, 11) is 1.58. The maximum atomic E-state index is 12.2. The molecular weight excluding hydrogens is 359 g/mol. The lowest BCUT2D eigenvalue weighted by Crippen LogP contribution is -2.19. The molecule has 4 nitrogen and oxygen atoms in total. The van der Waals surface area contributed by atoms with E-state index in [4.69, 9.17) is 4.74 Å². The summed E-state index contributed by atoms with van der Waals surface area (Å²) in [6.45, 7) is 0.231. The lowest BCUT2D eigenvalue weighted by Gasteiger charge is -2.11. The fourth-order valence-electron chi connectivity index (χ4n) is 2.60. The highest BCUT2D eigenvalue weighted by Gasteiger charge is 2.30. The molecule has 0 amide bonds. The molecule has 0 radical (unpaired) electrons. The summed E-state index contributed by atoms with van der Waals surface area (Å²) in [4.78, 5) is 12.1. The lowest BCUT2D eigenvalue weighted by molar-refractivity contribution is -0.274. The topological polar surface area (TPSA) is 40.5 Å². The third kappa shape index (κ3) is 4.91. The third-order valence-corrected chi connectivity index (χ3v) is 3.92. The largest absolute Gasteiger partial charge is 0.573 e. The van der Waals surface area contributed by atoms with Crippen molar-refractivity contribution in [1.82, 2.24) is 4.57 Å². The molecule has 2 aromatic carbocycles. The van der Waals surface area contributed by atoms with E-state index in [1.807, 2.05) is 24.3 Å². The van der Waals surface area contributed by atoms with Gasteiger partial charge in [0.1, 0.15) is 11.5 Å². The maximum absolute atomic E-state index is 12.2. The zero-order chi connectivity index (χ0) is 19.4. The first-order valence-corrected chi connectivity index (χ1v) is 8.04. The summed E-state index contributed by atoms with van der Waals surface area (Å²) >= 11 is 0. The highest BCUT2D eigenvalue weighted by atomic mass is 19.4. The number of pyridine rings is 1. The predicted octanol–water partition coefficient (Wildman–Crippen LogP) is 4.47. The molecule has 140 valence electrons. The Hall–Kier alpha value is -3.22. The van der Waals surface area contributed by atoms with Crippen LogP contribution in [0.15, 0.2) is 71.7 Å². The number of rotatable bonds is 5. The molecule has 0 N–H and O–H groups in total. The molecule has 0 unspecified atom stereocenters. The van der Waals surface area contributed by atoms with Crippen LogP contribution < -0.4 is 15.0 Å². The summed E-state index contributed by atoms with van der Waals surface area (Å²) in [5.41, 5.74) is 2.23. The van der Waals surface area contributed by atoms with Crippen LogP contribution >= 0.6 is 0 Å². The van der Waals surface area contributed by atoms with Crippen LogP contribution in [-0.2, 0) is 6.54 Å². The summed E-state index contributed by atoms with van der Waals surface area (Å²) < 4.78 is 47.1. The van der Waals surface area contributed by atoms with E-state index in [9.17, 15) is 18.0 Å². The second kappa shape index (κ2) is 7.57. The lowest BCUT2D eigenvalue weighted by atomic mass is 10.1. The highest BCUT2D eigenvalue weighted by Crippen LogP contribution is 2.24. The fourth-order valence-corrected chi connectivity index (χ4v) is 2.60. The van der Waals surface area contributed by atoms with Gasteiger partial charge in [-0.15, -0.1) is 13.2 Å². The van der Waals surface area contributed by atoms with E-state index >= 15 is 0 Å². The Balaban J connectivity index is 1.81. The number of aromatic nitrogens is 1. The van der Waals surface area contributed by atoms with Gasteiger partial charge in [0.25, 0.3) is 5.56 Å². The van der Waals surface area contributed by atoms with Gasteiger partial charge in [-0.1, -0.05) is 24.3 Å². The molecule has 3 rings (SSSR count). The van der Waals surface area contributed by atoms with E-state index in [-0.39, 0.29) is 17.9 Å². The van der Waals surface area contributed by atoms with Crippen LogP contribution in [0.4, 0.5) is 13.2 Å². The summed E-state index contributed by atoms with van der Waals surface area (Å²) in [5, 5.41) is 0. The normalized spacial score (nSPS) is 11.3. The van der Waals surface area contributed by atoms with Gasteiger partial charge in [-0.05, 0) is 47.0 Å². The second-order valence-corrected chi connectivity index (χ2v) is 5.80. The van der Waals surface area contributed by atoms with E-state index in [1.54, 1.807) is 19.4 Å². The molecule has 0 saturated heterocycles. The van der Waals surface area contributed by atoms with Gasteiger partial charge < -0.3 is 14.0 Å². The Kier molecular flexibility index (Phi) is 5.21. The first kappa shape index (κ1) is 18.6. The van der Waals surface area contributed by atoms with Crippen molar-refractivity contribution in [3.63, 3.8) is 0 Å². The second-order valence-electron chi connectivity index (χ2n) is 5.80. The van der Waals surface area contributed by atoms with Gasteiger partial charge in [-0.25, -0.2) is 0 Å². The summed E-state index contributed by atoms with van der Waals surface area (Å²) in [6, 6.07) is 16.0. The van der Waals surface area contributed by atoms with Gasteiger partial charge in [0, 0.05) is 12.3 Å². The average Bonchev–Trinajstić information content (AvgIpc) is 2.64. The average molecular weight is 375 g/mol. The van der Waals surface area contributed by atoms with Crippen molar-refractivity contribution in [2.24, 2.45) is 0 Å². The van der Waals surface area contributed by atoms with Crippen LogP contribution in [0.5, 0.6) is 11.5 Å². The van der Waals surface area contributed by atoms with Crippen molar-refractivity contribution in [2.45, 2.75) is 12.9 Å². The van der Waals surface area contributed by atoms with Crippen LogP contribution in [0.2, 0.25) is 0 Å². The van der Waals surface area contributed by atoms with Crippen LogP contribution in [0.25, 0.3) is 11.1 Å². The van der Waals surface area contributed by atoms with Crippen LogP contribution in [0.1, 0.15) is 5.56 Å². The number of halogens is 3. The van der Waals surface area contributed by atoms with Gasteiger partial charge in [0.2, 0.25) is 0 Å². The Morgan fingerprint density at radius 1 is 0.852 bits per heavy atom. The molecule has 1 heterocycles. The van der Waals surface area contributed by atoms with Gasteiger partial charge >= 0.3 is 6.36 Å². The summed E-state index contributed by atoms with van der Waals surface area (Å²) in [6.07, 6.45) is -3.02. The number of ether oxygens (including phenoxy) is 2. The molecule has 0 aliphatic rings. The zero-order valence-electron chi connectivity index (χ0n) is 14.4. The maximum Gasteiger partial charge on any atom is 0.573 e. The smallest absolute Gasteiger partial charge is 0.497 e. The first-order chi connectivity index (χ1) is 12.8. The van der Waals surface area contributed by atoms with E-state index < -0.39 is 6.36 Å². The number of hydrogen-bond acceptors (Lipinski definition) is 3. The minimum atomic E-state index is -4.73. The predicted molar refractivity (Wildman–Crippen MR) is 94.9 cm³/mol. The van der Waals surface area contributed by atoms with Crippen molar-refractivity contribution >= 4 is 0 Å². The van der Waals surface area contributed by atoms with Crippen molar-refractivity contribution in [3.05, 3.63) is 82.8 Å². The van der Waals surface area contributed by atoms with Crippen LogP contribution in [0, 0.1) is 0 Å². The van der Waals surface area contributed by atoms with E-state index in [1.165, 1.54) is 34.9 Å². The number of benzene rings is 2. The van der Waals surface area contributed by atoms with Crippen molar-refractivity contribution in [3.8, 4) is 22.6 Å². The summed E-state index contributed by atoms with van der Waals surface area (Å²) in [5.74, 6) is 0.429. The Bertz CT molecular complexity index is 962. The molecular formula is C20H16F3NO3. The van der Waals surface area contributed by atoms with Gasteiger partial charge in [-0.2, -0.15) is 0 Å². The van der Waals surface area contributed by atoms with Gasteiger partial charge in [0.05, 0.1) is 13.7 Å². The van der Waals surface area contributed by atoms with E-state index in [0.717, 1.165) is 16.9 Å². The molecule has 3 aromatic rings. The van der Waals surface area contributed by atoms with E-state index in [2.05, 4.69) is 4.74 Å². The molecule has 0 aliphatic heterocycles. The standard InChI is InChI=1S/C20H16F3NO3/c1-26-17-9-4-15(5-10-17)16-6-11-19(25)24(13-16)12-14-2-7-18(8-3-14)27-20(21,22)23/h2-11,13H,12H2,1H3. The molecule has 0 spiro atoms. The number of alkyl halides is 3. The minimum Gasteiger partial charge on any atom is -0.497 e. The van der Waals surface area contributed by atoms with Crippen molar-refractivity contribution < 1.29 is 22.6 Å². The third-order valence-electron chi connectivity index (χ3n) is 3.92. The zero-order valence-corrected chi connectivity index (χ0v) is 14.4. The molecule has 0 bridgehead atoms. The molecule has 0 fully saturated rings. The molecule has 0 saturated carbocycles. The Labute approximate surface area is 153 Å². The Morgan fingerprint density at radius 3 is 2.04 bits per heavy atom. The molecule has 1 aromatic heterocycles. The Morgan fingerprint density at radius 2 is 1.44 bits per heavy atom. The monoisotopic (exact) mass is 375 g/mol. The van der Waals surface area contributed by atoms with Gasteiger partial charge in [-0.3, -0.25) is 4.79 Å².